The molecule has 1 saturated heterocycles. The molecule has 0 radical (unpaired) electrons. The van der Waals surface area contributed by atoms with Gasteiger partial charge in [-0.1, -0.05) is 0 Å². The number of aliphatic hydroxyl groups excluding tert-OH is 1. The molecule has 0 unspecified atom stereocenters. The Hall–Kier alpha value is -1.13. The van der Waals surface area contributed by atoms with Crippen LogP contribution in [0.5, 0.6) is 5.75 Å². The number of rotatable bonds is 4. The minimum Gasteiger partial charge on any atom is -0.491 e. The molecule has 0 atom stereocenters. The number of nitrogens with zero attached hydrogens (tertiary/aromatic N) is 1. The molecule has 0 amide bonds. The summed E-state index contributed by atoms with van der Waals surface area (Å²) < 4.78 is 11.0. The number of hydrogen-bond acceptors (Lipinski definition) is 4. The molecule has 1 N–H and O–H groups in total. The van der Waals surface area contributed by atoms with Crippen molar-refractivity contribution >= 4 is 0 Å². The van der Waals surface area contributed by atoms with Crippen LogP contribution in [0.25, 0.3) is 0 Å². The molecule has 1 aliphatic rings. The lowest BCUT2D eigenvalue weighted by Crippen LogP contribution is -2.21. The number of hydrogen-bond donors (Lipinski definition) is 1. The van der Waals surface area contributed by atoms with Gasteiger partial charge in [-0.15, -0.1) is 0 Å². The first kappa shape index (κ1) is 12.3. The van der Waals surface area contributed by atoms with Gasteiger partial charge in [0, 0.05) is 18.9 Å². The van der Waals surface area contributed by atoms with Gasteiger partial charge in [-0.3, -0.25) is 4.98 Å². The largest absolute Gasteiger partial charge is 0.491 e. The molecule has 1 aromatic rings. The molecule has 0 spiro atoms. The zero-order valence-corrected chi connectivity index (χ0v) is 10.2. The van der Waals surface area contributed by atoms with Gasteiger partial charge in [0.05, 0.1) is 13.2 Å². The van der Waals surface area contributed by atoms with E-state index in [-0.39, 0.29) is 6.61 Å². The summed E-state index contributed by atoms with van der Waals surface area (Å²) in [5, 5.41) is 9.22. The van der Waals surface area contributed by atoms with E-state index in [1.165, 1.54) is 0 Å². The Bertz CT molecular complexity index is 362. The Morgan fingerprint density at radius 1 is 1.41 bits per heavy atom. The predicted molar refractivity (Wildman–Crippen MR) is 63.9 cm³/mol. The number of pyridine rings is 1. The molecule has 94 valence electrons. The van der Waals surface area contributed by atoms with Gasteiger partial charge in [0.15, 0.2) is 0 Å². The van der Waals surface area contributed by atoms with Gasteiger partial charge in [-0.2, -0.15) is 0 Å². The van der Waals surface area contributed by atoms with Gasteiger partial charge in [0.2, 0.25) is 0 Å². The Morgan fingerprint density at radius 2 is 2.18 bits per heavy atom. The van der Waals surface area contributed by atoms with Gasteiger partial charge < -0.3 is 14.6 Å². The second-order valence-corrected chi connectivity index (χ2v) is 4.42. The molecule has 0 bridgehead atoms. The molecule has 1 aromatic heterocycles. The lowest BCUT2D eigenvalue weighted by atomic mass is 10.0. The van der Waals surface area contributed by atoms with E-state index < -0.39 is 0 Å². The van der Waals surface area contributed by atoms with Crippen molar-refractivity contribution in [1.82, 2.24) is 4.98 Å². The van der Waals surface area contributed by atoms with E-state index in [1.54, 1.807) is 0 Å². The maximum atomic E-state index is 9.22. The molecule has 4 heteroatoms. The normalized spacial score (nSPS) is 17.1. The van der Waals surface area contributed by atoms with E-state index in [1.807, 2.05) is 19.1 Å². The lowest BCUT2D eigenvalue weighted by molar-refractivity contribution is 0.0493. The van der Waals surface area contributed by atoms with E-state index in [0.717, 1.165) is 31.7 Å². The number of aromatic nitrogens is 1. The minimum atomic E-state index is -0.0786. The molecule has 0 saturated carbocycles. The van der Waals surface area contributed by atoms with Crippen LogP contribution in [0.15, 0.2) is 12.1 Å². The van der Waals surface area contributed by atoms with Crippen LogP contribution in [0, 0.1) is 12.8 Å². The lowest BCUT2D eigenvalue weighted by Gasteiger charge is -2.22. The zero-order chi connectivity index (χ0) is 12.1. The first-order chi connectivity index (χ1) is 8.29. The SMILES string of the molecule is Cc1ccc(OCC2CCOCC2)c(CO)n1. The van der Waals surface area contributed by atoms with Crippen molar-refractivity contribution in [2.45, 2.75) is 26.4 Å². The molecule has 1 aliphatic heterocycles. The van der Waals surface area contributed by atoms with Crippen LogP contribution in [0.3, 0.4) is 0 Å². The van der Waals surface area contributed by atoms with Crippen LogP contribution < -0.4 is 4.74 Å². The zero-order valence-electron chi connectivity index (χ0n) is 10.2. The standard InChI is InChI=1S/C13H19NO3/c1-10-2-3-13(12(8-15)14-10)17-9-11-4-6-16-7-5-11/h2-3,11,15H,4-9H2,1H3. The van der Waals surface area contributed by atoms with Crippen molar-refractivity contribution < 1.29 is 14.6 Å². The Morgan fingerprint density at radius 3 is 2.88 bits per heavy atom. The summed E-state index contributed by atoms with van der Waals surface area (Å²) in [6, 6.07) is 3.78. The fraction of sp³-hybridized carbons (Fsp3) is 0.615. The highest BCUT2D eigenvalue weighted by Crippen LogP contribution is 2.20. The molecule has 2 rings (SSSR count). The number of aryl methyl sites for hydroxylation is 1. The summed E-state index contributed by atoms with van der Waals surface area (Å²) >= 11 is 0. The summed E-state index contributed by atoms with van der Waals surface area (Å²) in [5.41, 5.74) is 1.52. The molecule has 1 fully saturated rings. The van der Waals surface area contributed by atoms with Crippen LogP contribution >= 0.6 is 0 Å². The van der Waals surface area contributed by atoms with Crippen molar-refractivity contribution in [2.75, 3.05) is 19.8 Å². The third-order valence-corrected chi connectivity index (χ3v) is 3.04. The summed E-state index contributed by atoms with van der Waals surface area (Å²) in [6.45, 7) is 4.16. The maximum absolute atomic E-state index is 9.22. The number of ether oxygens (including phenoxy) is 2. The fourth-order valence-electron chi connectivity index (χ4n) is 1.96. The fourth-order valence-corrected chi connectivity index (χ4v) is 1.96. The van der Waals surface area contributed by atoms with Gasteiger partial charge in [0.25, 0.3) is 0 Å². The third kappa shape index (κ3) is 3.41. The van der Waals surface area contributed by atoms with Gasteiger partial charge in [-0.25, -0.2) is 0 Å². The molecular weight excluding hydrogens is 218 g/mol. The Balaban J connectivity index is 1.93. The molecule has 4 nitrogen and oxygen atoms in total. The van der Waals surface area contributed by atoms with Gasteiger partial charge >= 0.3 is 0 Å². The smallest absolute Gasteiger partial charge is 0.143 e. The quantitative estimate of drug-likeness (QED) is 0.865. The highest BCUT2D eigenvalue weighted by atomic mass is 16.5. The van der Waals surface area contributed by atoms with Crippen LogP contribution in [-0.2, 0) is 11.3 Å². The van der Waals surface area contributed by atoms with Crippen molar-refractivity contribution in [3.63, 3.8) is 0 Å². The van der Waals surface area contributed by atoms with Crippen molar-refractivity contribution in [2.24, 2.45) is 5.92 Å². The Labute approximate surface area is 102 Å². The average molecular weight is 237 g/mol. The van der Waals surface area contributed by atoms with Crippen LogP contribution in [0.4, 0.5) is 0 Å². The van der Waals surface area contributed by atoms with Crippen molar-refractivity contribution in [1.29, 1.82) is 0 Å². The van der Waals surface area contributed by atoms with E-state index >= 15 is 0 Å². The van der Waals surface area contributed by atoms with Crippen molar-refractivity contribution in [3.8, 4) is 5.75 Å². The average Bonchev–Trinajstić information content (AvgIpc) is 2.38. The number of aliphatic hydroxyl groups is 1. The Kier molecular flexibility index (Phi) is 4.34. The molecule has 17 heavy (non-hydrogen) atoms. The molecule has 0 aromatic carbocycles. The monoisotopic (exact) mass is 237 g/mol. The topological polar surface area (TPSA) is 51.6 Å². The summed E-state index contributed by atoms with van der Waals surface area (Å²) in [7, 11) is 0. The van der Waals surface area contributed by atoms with Crippen molar-refractivity contribution in [3.05, 3.63) is 23.5 Å². The van der Waals surface area contributed by atoms with Gasteiger partial charge in [-0.05, 0) is 37.8 Å². The van der Waals surface area contributed by atoms with E-state index in [9.17, 15) is 5.11 Å². The van der Waals surface area contributed by atoms with Crippen LogP contribution in [0.2, 0.25) is 0 Å². The van der Waals surface area contributed by atoms with E-state index in [4.69, 9.17) is 9.47 Å². The third-order valence-electron chi connectivity index (χ3n) is 3.04. The first-order valence-electron chi connectivity index (χ1n) is 6.07. The predicted octanol–water partition coefficient (Wildman–Crippen LogP) is 1.69. The summed E-state index contributed by atoms with van der Waals surface area (Å²) in [4.78, 5) is 4.26. The summed E-state index contributed by atoms with van der Waals surface area (Å²) in [6.07, 6.45) is 2.10. The van der Waals surface area contributed by atoms with E-state index in [2.05, 4.69) is 4.98 Å². The van der Waals surface area contributed by atoms with Gasteiger partial charge in [0.1, 0.15) is 11.4 Å². The highest BCUT2D eigenvalue weighted by molar-refractivity contribution is 5.28. The highest BCUT2D eigenvalue weighted by Gasteiger charge is 2.15. The molecular formula is C13H19NO3. The van der Waals surface area contributed by atoms with Crippen LogP contribution in [-0.4, -0.2) is 29.9 Å². The molecule has 0 aliphatic carbocycles. The molecule has 2 heterocycles. The second-order valence-electron chi connectivity index (χ2n) is 4.42. The van der Waals surface area contributed by atoms with Crippen LogP contribution in [0.1, 0.15) is 24.2 Å². The second kappa shape index (κ2) is 5.98. The minimum absolute atomic E-state index is 0.0786. The summed E-state index contributed by atoms with van der Waals surface area (Å²) in [5.74, 6) is 1.25. The first-order valence-corrected chi connectivity index (χ1v) is 6.07. The van der Waals surface area contributed by atoms with E-state index in [0.29, 0.717) is 24.0 Å². The maximum Gasteiger partial charge on any atom is 0.143 e.